The van der Waals surface area contributed by atoms with Crippen molar-refractivity contribution in [3.8, 4) is 5.75 Å². The number of amides is 1. The number of hydrogen-bond acceptors (Lipinski definition) is 6. The number of ether oxygens (including phenoxy) is 1. The minimum Gasteiger partial charge on any atom is -0.494 e. The summed E-state index contributed by atoms with van der Waals surface area (Å²) in [4.78, 5) is 31.2. The fourth-order valence-electron chi connectivity index (χ4n) is 2.03. The molecule has 0 spiro atoms. The van der Waals surface area contributed by atoms with Gasteiger partial charge in [0.2, 0.25) is 0 Å². The average molecular weight is 362 g/mol. The van der Waals surface area contributed by atoms with Gasteiger partial charge in [0, 0.05) is 11.3 Å². The number of H-pyrrole nitrogens is 1. The molecular weight excluding hydrogens is 340 g/mol. The van der Waals surface area contributed by atoms with Crippen LogP contribution in [0.2, 0.25) is 0 Å². The first-order valence-electron chi connectivity index (χ1n) is 8.12. The molecule has 1 amide bonds. The van der Waals surface area contributed by atoms with E-state index < -0.39 is 11.5 Å². The Morgan fingerprint density at radius 1 is 1.32 bits per heavy atom. The molecule has 0 fully saturated rings. The number of aromatic amines is 1. The number of benzene rings is 1. The van der Waals surface area contributed by atoms with Crippen LogP contribution in [-0.2, 0) is 0 Å². The number of nitrogens with zero attached hydrogens (tertiary/aromatic N) is 1. The highest BCUT2D eigenvalue weighted by atomic mass is 32.2. The summed E-state index contributed by atoms with van der Waals surface area (Å²) in [6, 6.07) is 6.62. The second kappa shape index (κ2) is 9.12. The van der Waals surface area contributed by atoms with Crippen LogP contribution in [0.4, 0.5) is 11.5 Å². The maximum atomic E-state index is 12.3. The van der Waals surface area contributed by atoms with Crippen LogP contribution in [0, 0.1) is 0 Å². The summed E-state index contributed by atoms with van der Waals surface area (Å²) in [7, 11) is 0. The summed E-state index contributed by atoms with van der Waals surface area (Å²) in [6.45, 7) is 4.52. The van der Waals surface area contributed by atoms with Gasteiger partial charge >= 0.3 is 0 Å². The summed E-state index contributed by atoms with van der Waals surface area (Å²) in [5.41, 5.74) is 5.72. The van der Waals surface area contributed by atoms with Crippen molar-refractivity contribution in [2.45, 2.75) is 31.8 Å². The van der Waals surface area contributed by atoms with Crippen molar-refractivity contribution < 1.29 is 9.53 Å². The molecule has 7 nitrogen and oxygen atoms in total. The van der Waals surface area contributed by atoms with Gasteiger partial charge in [-0.2, -0.15) is 0 Å². The van der Waals surface area contributed by atoms with Crippen LogP contribution in [0.3, 0.4) is 0 Å². The number of anilines is 2. The van der Waals surface area contributed by atoms with E-state index in [4.69, 9.17) is 10.5 Å². The minimum absolute atomic E-state index is 0.00188. The zero-order valence-electron chi connectivity index (χ0n) is 14.3. The van der Waals surface area contributed by atoms with Crippen LogP contribution in [0.15, 0.2) is 34.2 Å². The lowest BCUT2D eigenvalue weighted by atomic mass is 10.2. The van der Waals surface area contributed by atoms with E-state index in [1.54, 1.807) is 24.3 Å². The fourth-order valence-corrected chi connectivity index (χ4v) is 2.98. The van der Waals surface area contributed by atoms with Crippen molar-refractivity contribution in [1.29, 1.82) is 0 Å². The van der Waals surface area contributed by atoms with Gasteiger partial charge in [0.1, 0.15) is 11.4 Å². The molecule has 0 saturated heterocycles. The Morgan fingerprint density at radius 3 is 2.64 bits per heavy atom. The largest absolute Gasteiger partial charge is 0.494 e. The van der Waals surface area contributed by atoms with Crippen molar-refractivity contribution in [3.05, 3.63) is 40.2 Å². The predicted octanol–water partition coefficient (Wildman–Crippen LogP) is 2.90. The number of thioether (sulfide) groups is 1. The quantitative estimate of drug-likeness (QED) is 0.378. The molecule has 8 heteroatoms. The molecule has 0 atom stereocenters. The van der Waals surface area contributed by atoms with E-state index in [2.05, 4.69) is 22.2 Å². The van der Waals surface area contributed by atoms with Gasteiger partial charge in [-0.25, -0.2) is 4.98 Å². The monoisotopic (exact) mass is 362 g/mol. The highest BCUT2D eigenvalue weighted by Gasteiger charge is 2.14. The first-order chi connectivity index (χ1) is 12.0. The number of nitrogens with one attached hydrogen (secondary N) is 2. The minimum atomic E-state index is -0.467. The SMILES string of the molecule is CCCCSc1nc(N)c(NC(=O)c2ccc(OCC)cc2)c(=O)[nH]1. The van der Waals surface area contributed by atoms with E-state index in [1.165, 1.54) is 11.8 Å². The molecule has 2 rings (SSSR count). The predicted molar refractivity (Wildman–Crippen MR) is 100 cm³/mol. The van der Waals surface area contributed by atoms with E-state index in [9.17, 15) is 9.59 Å². The van der Waals surface area contributed by atoms with Crippen molar-refractivity contribution in [2.24, 2.45) is 0 Å². The maximum Gasteiger partial charge on any atom is 0.277 e. The van der Waals surface area contributed by atoms with Crippen LogP contribution in [0.1, 0.15) is 37.0 Å². The van der Waals surface area contributed by atoms with E-state index in [0.29, 0.717) is 23.1 Å². The van der Waals surface area contributed by atoms with Crippen LogP contribution in [0.5, 0.6) is 5.75 Å². The topological polar surface area (TPSA) is 110 Å². The second-order valence-electron chi connectivity index (χ2n) is 5.24. The summed E-state index contributed by atoms with van der Waals surface area (Å²) in [6.07, 6.45) is 2.08. The molecule has 0 unspecified atom stereocenters. The highest BCUT2D eigenvalue weighted by Crippen LogP contribution is 2.19. The van der Waals surface area contributed by atoms with E-state index >= 15 is 0 Å². The summed E-state index contributed by atoms with van der Waals surface area (Å²) in [5.74, 6) is 1.08. The zero-order chi connectivity index (χ0) is 18.2. The van der Waals surface area contributed by atoms with Gasteiger partial charge in [0.05, 0.1) is 6.61 Å². The molecule has 0 aliphatic rings. The van der Waals surface area contributed by atoms with Crippen molar-refractivity contribution in [2.75, 3.05) is 23.4 Å². The molecule has 1 aromatic carbocycles. The van der Waals surface area contributed by atoms with Gasteiger partial charge in [-0.05, 0) is 37.6 Å². The Kier molecular flexibility index (Phi) is 6.88. The normalized spacial score (nSPS) is 10.5. The second-order valence-corrected chi connectivity index (χ2v) is 6.33. The molecule has 0 aliphatic carbocycles. The number of nitrogen functional groups attached to an aromatic ring is 1. The molecule has 1 aromatic heterocycles. The Labute approximate surface area is 150 Å². The summed E-state index contributed by atoms with van der Waals surface area (Å²) < 4.78 is 5.33. The molecule has 4 N–H and O–H groups in total. The smallest absolute Gasteiger partial charge is 0.277 e. The van der Waals surface area contributed by atoms with Crippen molar-refractivity contribution in [3.63, 3.8) is 0 Å². The fraction of sp³-hybridized carbons (Fsp3) is 0.353. The lowest BCUT2D eigenvalue weighted by Crippen LogP contribution is -2.23. The first-order valence-corrected chi connectivity index (χ1v) is 9.10. The number of carbonyl (C=O) groups is 1. The third-order valence-electron chi connectivity index (χ3n) is 3.33. The van der Waals surface area contributed by atoms with E-state index in [0.717, 1.165) is 18.6 Å². The van der Waals surface area contributed by atoms with Gasteiger partial charge < -0.3 is 15.8 Å². The molecule has 1 heterocycles. The lowest BCUT2D eigenvalue weighted by Gasteiger charge is -2.09. The standard InChI is InChI=1S/C17H22N4O3S/c1-3-5-10-25-17-20-14(18)13(16(23)21-17)19-15(22)11-6-8-12(9-7-11)24-4-2/h6-9H,3-5,10H2,1-2H3,(H,19,22)(H3,18,20,21,23). The number of unbranched alkanes of at least 4 members (excludes halogenated alkanes) is 1. The van der Waals surface area contributed by atoms with Gasteiger partial charge in [-0.3, -0.25) is 14.6 Å². The van der Waals surface area contributed by atoms with Gasteiger partial charge in [-0.15, -0.1) is 0 Å². The lowest BCUT2D eigenvalue weighted by molar-refractivity contribution is 0.102. The van der Waals surface area contributed by atoms with Crippen LogP contribution >= 0.6 is 11.8 Å². The Morgan fingerprint density at radius 2 is 2.04 bits per heavy atom. The molecule has 0 bridgehead atoms. The van der Waals surface area contributed by atoms with Gasteiger partial charge in [0.15, 0.2) is 11.0 Å². The number of nitrogens with two attached hydrogens (primary N) is 1. The third-order valence-corrected chi connectivity index (χ3v) is 4.29. The van der Waals surface area contributed by atoms with Crippen LogP contribution in [-0.4, -0.2) is 28.2 Å². The molecule has 134 valence electrons. The average Bonchev–Trinajstić information content (AvgIpc) is 2.59. The Hall–Kier alpha value is -2.48. The highest BCUT2D eigenvalue weighted by molar-refractivity contribution is 7.99. The van der Waals surface area contributed by atoms with Crippen molar-refractivity contribution >= 4 is 29.2 Å². The Bertz CT molecular complexity index is 774. The van der Waals surface area contributed by atoms with E-state index in [1.807, 2.05) is 6.92 Å². The molecule has 0 radical (unpaired) electrons. The molecular formula is C17H22N4O3S. The van der Waals surface area contributed by atoms with Crippen LogP contribution in [0.25, 0.3) is 0 Å². The van der Waals surface area contributed by atoms with Gasteiger partial charge in [-0.1, -0.05) is 25.1 Å². The third kappa shape index (κ3) is 5.25. The Balaban J connectivity index is 2.11. The number of hydrogen-bond donors (Lipinski definition) is 3. The zero-order valence-corrected chi connectivity index (χ0v) is 15.1. The van der Waals surface area contributed by atoms with Gasteiger partial charge in [0.25, 0.3) is 11.5 Å². The number of rotatable bonds is 8. The number of aromatic nitrogens is 2. The molecule has 2 aromatic rings. The molecule has 0 saturated carbocycles. The number of carbonyl (C=O) groups excluding carboxylic acids is 1. The maximum absolute atomic E-state index is 12.3. The summed E-state index contributed by atoms with van der Waals surface area (Å²) >= 11 is 1.43. The van der Waals surface area contributed by atoms with E-state index in [-0.39, 0.29) is 11.5 Å². The molecule has 0 aliphatic heterocycles. The van der Waals surface area contributed by atoms with Crippen LogP contribution < -0.4 is 21.3 Å². The first kappa shape index (κ1) is 18.9. The summed E-state index contributed by atoms with van der Waals surface area (Å²) in [5, 5.41) is 2.97. The molecule has 25 heavy (non-hydrogen) atoms. The van der Waals surface area contributed by atoms with Crippen molar-refractivity contribution in [1.82, 2.24) is 9.97 Å².